The molecule has 0 aromatic carbocycles. The molecule has 0 aliphatic heterocycles. The Kier molecular flexibility index (Phi) is 2.82. The fourth-order valence-corrected chi connectivity index (χ4v) is 7.36. The molecule has 15 heavy (non-hydrogen) atoms. The minimum atomic E-state index is -1.06. The van der Waals surface area contributed by atoms with E-state index in [0.29, 0.717) is 5.04 Å². The maximum absolute atomic E-state index is 2.65. The van der Waals surface area contributed by atoms with Crippen LogP contribution in [0.15, 0.2) is 0 Å². The largest absolute Gasteiger partial charge is 0.0688 e. The van der Waals surface area contributed by atoms with Gasteiger partial charge in [0.25, 0.3) is 0 Å². The summed E-state index contributed by atoms with van der Waals surface area (Å²) in [6, 6.07) is 0. The highest BCUT2D eigenvalue weighted by Gasteiger charge is 2.49. The predicted molar refractivity (Wildman–Crippen MR) is 71.0 cm³/mol. The van der Waals surface area contributed by atoms with Gasteiger partial charge in [0.15, 0.2) is 0 Å². The molecule has 2 bridgehead atoms. The van der Waals surface area contributed by atoms with E-state index < -0.39 is 8.07 Å². The van der Waals surface area contributed by atoms with Gasteiger partial charge in [-0.25, -0.2) is 0 Å². The third kappa shape index (κ3) is 1.92. The molecule has 3 rings (SSSR count). The van der Waals surface area contributed by atoms with E-state index in [1.807, 2.05) is 0 Å². The van der Waals surface area contributed by atoms with Crippen LogP contribution < -0.4 is 0 Å². The minimum absolute atomic E-state index is 0.592. The van der Waals surface area contributed by atoms with Crippen molar-refractivity contribution in [3.05, 3.63) is 0 Å². The molecule has 0 nitrogen and oxygen atoms in total. The van der Waals surface area contributed by atoms with Gasteiger partial charge in [0, 0.05) is 0 Å². The van der Waals surface area contributed by atoms with Gasteiger partial charge in [-0.3, -0.25) is 0 Å². The Bertz CT molecular complexity index is 228. The quantitative estimate of drug-likeness (QED) is 0.545. The van der Waals surface area contributed by atoms with Crippen LogP contribution in [0.1, 0.15) is 52.9 Å². The molecule has 3 fully saturated rings. The van der Waals surface area contributed by atoms with Crippen molar-refractivity contribution in [2.45, 2.75) is 76.5 Å². The second kappa shape index (κ2) is 3.61. The first-order valence-corrected chi connectivity index (χ1v) is 9.90. The van der Waals surface area contributed by atoms with E-state index in [4.69, 9.17) is 0 Å². The van der Waals surface area contributed by atoms with Crippen molar-refractivity contribution in [2.24, 2.45) is 11.8 Å². The second-order valence-electron chi connectivity index (χ2n) is 7.59. The molecule has 0 N–H and O–H groups in total. The summed E-state index contributed by atoms with van der Waals surface area (Å²) in [6.07, 6.45) is 7.80. The molecule has 3 aliphatic rings. The zero-order valence-corrected chi connectivity index (χ0v) is 12.3. The van der Waals surface area contributed by atoms with Crippen LogP contribution in [0.2, 0.25) is 23.7 Å². The molecule has 3 saturated carbocycles. The molecule has 0 aromatic heterocycles. The summed E-state index contributed by atoms with van der Waals surface area (Å²) >= 11 is 0. The second-order valence-corrected chi connectivity index (χ2v) is 13.3. The first-order chi connectivity index (χ1) is 6.82. The first-order valence-electron chi connectivity index (χ1n) is 6.82. The number of hydrogen-bond acceptors (Lipinski definition) is 0. The van der Waals surface area contributed by atoms with E-state index in [1.165, 1.54) is 0 Å². The summed E-state index contributed by atoms with van der Waals surface area (Å²) in [5.74, 6) is 2.21. The van der Waals surface area contributed by atoms with Gasteiger partial charge in [0.1, 0.15) is 0 Å². The van der Waals surface area contributed by atoms with Crippen LogP contribution in [0.3, 0.4) is 0 Å². The number of hydrogen-bond donors (Lipinski definition) is 0. The minimum Gasteiger partial charge on any atom is -0.0688 e. The van der Waals surface area contributed by atoms with Gasteiger partial charge in [-0.1, -0.05) is 59.5 Å². The van der Waals surface area contributed by atoms with Crippen LogP contribution >= 0.6 is 0 Å². The Hall–Kier alpha value is 0.217. The normalized spacial score (nSPS) is 37.0. The van der Waals surface area contributed by atoms with Crippen LogP contribution in [-0.2, 0) is 0 Å². The van der Waals surface area contributed by atoms with E-state index in [1.54, 1.807) is 32.1 Å². The summed E-state index contributed by atoms with van der Waals surface area (Å²) in [7, 11) is -1.06. The van der Waals surface area contributed by atoms with Crippen LogP contribution in [0.4, 0.5) is 0 Å². The van der Waals surface area contributed by atoms with Crippen molar-refractivity contribution < 1.29 is 0 Å². The zero-order valence-electron chi connectivity index (χ0n) is 11.3. The average molecular weight is 224 g/mol. The Labute approximate surface area is 96.9 Å². The lowest BCUT2D eigenvalue weighted by Crippen LogP contribution is -2.48. The lowest BCUT2D eigenvalue weighted by molar-refractivity contribution is 0.169. The highest BCUT2D eigenvalue weighted by atomic mass is 28.3. The highest BCUT2D eigenvalue weighted by Crippen LogP contribution is 2.57. The van der Waals surface area contributed by atoms with Crippen LogP contribution in [0.25, 0.3) is 0 Å². The molecule has 3 aliphatic carbocycles. The SMILES string of the molecule is CC(C)(C)[Si](C)(C)C1CC2CCC1CC2. The van der Waals surface area contributed by atoms with Crippen molar-refractivity contribution in [3.8, 4) is 0 Å². The summed E-state index contributed by atoms with van der Waals surface area (Å²) in [6.45, 7) is 12.8. The Balaban J connectivity index is 2.17. The molecule has 0 amide bonds. The maximum Gasteiger partial charge on any atom is 0.0561 e. The smallest absolute Gasteiger partial charge is 0.0561 e. The molecule has 0 aromatic rings. The van der Waals surface area contributed by atoms with Crippen molar-refractivity contribution >= 4 is 8.07 Å². The lowest BCUT2D eigenvalue weighted by atomic mass is 9.70. The first kappa shape index (κ1) is 11.7. The Morgan fingerprint density at radius 1 is 0.933 bits per heavy atom. The van der Waals surface area contributed by atoms with Crippen molar-refractivity contribution in [1.82, 2.24) is 0 Å². The number of rotatable bonds is 1. The average Bonchev–Trinajstić information content (AvgIpc) is 2.17. The molecule has 1 atom stereocenters. The van der Waals surface area contributed by atoms with Crippen molar-refractivity contribution in [1.29, 1.82) is 0 Å². The predicted octanol–water partition coefficient (Wildman–Crippen LogP) is 5.08. The molecule has 0 spiro atoms. The van der Waals surface area contributed by atoms with E-state index in [0.717, 1.165) is 17.4 Å². The lowest BCUT2D eigenvalue weighted by Gasteiger charge is -2.53. The monoisotopic (exact) mass is 224 g/mol. The van der Waals surface area contributed by atoms with Gasteiger partial charge in [0.2, 0.25) is 0 Å². The van der Waals surface area contributed by atoms with E-state index in [2.05, 4.69) is 33.9 Å². The van der Waals surface area contributed by atoms with Gasteiger partial charge < -0.3 is 0 Å². The van der Waals surface area contributed by atoms with Crippen LogP contribution in [-0.4, -0.2) is 8.07 Å². The molecular weight excluding hydrogens is 196 g/mol. The third-order valence-corrected chi connectivity index (χ3v) is 12.3. The standard InChI is InChI=1S/C14H28Si/c1-14(2,3)15(4,5)13-10-11-6-8-12(13)9-7-11/h11-13H,6-10H2,1-5H3. The molecule has 1 heteroatoms. The van der Waals surface area contributed by atoms with Crippen molar-refractivity contribution in [2.75, 3.05) is 0 Å². The highest BCUT2D eigenvalue weighted by molar-refractivity contribution is 6.81. The zero-order chi connectivity index (χ0) is 11.3. The van der Waals surface area contributed by atoms with Gasteiger partial charge in [-0.05, 0) is 28.8 Å². The summed E-state index contributed by atoms with van der Waals surface area (Å²) in [5, 5.41) is 0.592. The summed E-state index contributed by atoms with van der Waals surface area (Å²) in [5.41, 5.74) is 1.13. The molecule has 0 saturated heterocycles. The topological polar surface area (TPSA) is 0 Å². The summed E-state index contributed by atoms with van der Waals surface area (Å²) < 4.78 is 0. The van der Waals surface area contributed by atoms with Crippen molar-refractivity contribution in [3.63, 3.8) is 0 Å². The van der Waals surface area contributed by atoms with Gasteiger partial charge in [-0.2, -0.15) is 0 Å². The molecule has 0 radical (unpaired) electrons. The van der Waals surface area contributed by atoms with Gasteiger partial charge in [-0.15, -0.1) is 0 Å². The Morgan fingerprint density at radius 3 is 1.80 bits per heavy atom. The fourth-order valence-electron chi connectivity index (χ4n) is 3.82. The van der Waals surface area contributed by atoms with E-state index in [-0.39, 0.29) is 0 Å². The Morgan fingerprint density at radius 2 is 1.47 bits per heavy atom. The van der Waals surface area contributed by atoms with Crippen LogP contribution in [0.5, 0.6) is 0 Å². The maximum atomic E-state index is 2.65. The fraction of sp³-hybridized carbons (Fsp3) is 1.00. The number of fused-ring (bicyclic) bond motifs is 3. The van der Waals surface area contributed by atoms with Gasteiger partial charge >= 0.3 is 0 Å². The third-order valence-electron chi connectivity index (χ3n) is 5.91. The molecule has 88 valence electrons. The van der Waals surface area contributed by atoms with E-state index in [9.17, 15) is 0 Å². The summed E-state index contributed by atoms with van der Waals surface area (Å²) in [4.78, 5) is 0. The van der Waals surface area contributed by atoms with E-state index >= 15 is 0 Å². The van der Waals surface area contributed by atoms with Crippen LogP contribution in [0, 0.1) is 11.8 Å². The molecular formula is C14H28Si. The molecule has 0 heterocycles. The van der Waals surface area contributed by atoms with Gasteiger partial charge in [0.05, 0.1) is 8.07 Å². The molecule has 1 unspecified atom stereocenters.